The average molecular weight is 408 g/mol. The van der Waals surface area contributed by atoms with Crippen molar-refractivity contribution < 1.29 is 4.39 Å². The summed E-state index contributed by atoms with van der Waals surface area (Å²) in [7, 11) is 0. The van der Waals surface area contributed by atoms with Crippen LogP contribution in [0.4, 0.5) is 10.3 Å². The average Bonchev–Trinajstić information content (AvgIpc) is 3.02. The van der Waals surface area contributed by atoms with E-state index in [1.807, 2.05) is 42.2 Å². The van der Waals surface area contributed by atoms with Gasteiger partial charge in [0.1, 0.15) is 6.17 Å². The lowest BCUT2D eigenvalue weighted by Gasteiger charge is -2.34. The summed E-state index contributed by atoms with van der Waals surface area (Å²) >= 11 is 12.2. The van der Waals surface area contributed by atoms with E-state index in [0.717, 1.165) is 22.7 Å². The minimum atomic E-state index is -0.983. The quantitative estimate of drug-likeness (QED) is 0.705. The minimum absolute atomic E-state index is 0.111. The number of piperidine rings is 1. The molecule has 27 heavy (non-hydrogen) atoms. The van der Waals surface area contributed by atoms with E-state index in [9.17, 15) is 4.39 Å². The van der Waals surface area contributed by atoms with E-state index in [4.69, 9.17) is 33.9 Å². The number of hydrogen-bond acceptors (Lipinski definition) is 4. The second-order valence-electron chi connectivity index (χ2n) is 6.91. The van der Waals surface area contributed by atoms with Crippen molar-refractivity contribution in [3.05, 3.63) is 52.3 Å². The standard InChI is InChI=1S/C19H20Cl2FN5/c1-11(16-4-3-13(21)9-24-16)27-18-8-12(20)2-5-17(18)25-19(27)26-7-6-14(22)15(23)10-26/h2-5,8-9,11,14-15H,6-7,10,23H2,1H3/t11-,14-,15-/m1/s1. The Kier molecular flexibility index (Phi) is 4.97. The van der Waals surface area contributed by atoms with Crippen molar-refractivity contribution in [2.45, 2.75) is 31.6 Å². The number of imidazole rings is 1. The van der Waals surface area contributed by atoms with E-state index >= 15 is 0 Å². The monoisotopic (exact) mass is 407 g/mol. The van der Waals surface area contributed by atoms with Crippen molar-refractivity contribution in [3.63, 3.8) is 0 Å². The zero-order chi connectivity index (χ0) is 19.1. The number of pyridine rings is 1. The third kappa shape index (κ3) is 3.49. The third-order valence-electron chi connectivity index (χ3n) is 5.05. The van der Waals surface area contributed by atoms with Gasteiger partial charge in [0, 0.05) is 24.3 Å². The maximum atomic E-state index is 13.9. The van der Waals surface area contributed by atoms with Crippen LogP contribution in [0.15, 0.2) is 36.5 Å². The molecule has 0 amide bonds. The fraction of sp³-hybridized carbons (Fsp3) is 0.368. The second-order valence-corrected chi connectivity index (χ2v) is 7.78. The molecule has 1 saturated heterocycles. The first-order valence-corrected chi connectivity index (χ1v) is 9.63. The van der Waals surface area contributed by atoms with Gasteiger partial charge >= 0.3 is 0 Å². The number of aromatic nitrogens is 3. The molecule has 1 aliphatic heterocycles. The van der Waals surface area contributed by atoms with Crippen LogP contribution in [0, 0.1) is 0 Å². The second kappa shape index (κ2) is 7.26. The smallest absolute Gasteiger partial charge is 0.207 e. The minimum Gasteiger partial charge on any atom is -0.340 e. The zero-order valence-electron chi connectivity index (χ0n) is 14.8. The fourth-order valence-electron chi connectivity index (χ4n) is 3.56. The highest BCUT2D eigenvalue weighted by Crippen LogP contribution is 2.33. The van der Waals surface area contributed by atoms with Gasteiger partial charge in [-0.05, 0) is 43.7 Å². The van der Waals surface area contributed by atoms with Gasteiger partial charge in [-0.25, -0.2) is 9.37 Å². The van der Waals surface area contributed by atoms with Crippen LogP contribution >= 0.6 is 23.2 Å². The summed E-state index contributed by atoms with van der Waals surface area (Å²) in [6, 6.07) is 8.67. The van der Waals surface area contributed by atoms with Crippen molar-refractivity contribution in [3.8, 4) is 0 Å². The maximum absolute atomic E-state index is 13.9. The molecule has 0 bridgehead atoms. The number of benzene rings is 1. The summed E-state index contributed by atoms with van der Waals surface area (Å²) in [5, 5.41) is 1.21. The molecule has 2 N–H and O–H groups in total. The number of halogens is 3. The molecule has 142 valence electrons. The molecule has 2 aromatic heterocycles. The van der Waals surface area contributed by atoms with Crippen LogP contribution in [-0.4, -0.2) is 39.8 Å². The Morgan fingerprint density at radius 3 is 2.70 bits per heavy atom. The van der Waals surface area contributed by atoms with Crippen molar-refractivity contribution in [2.24, 2.45) is 5.73 Å². The lowest BCUT2D eigenvalue weighted by Crippen LogP contribution is -2.50. The Morgan fingerprint density at radius 1 is 1.22 bits per heavy atom. The SMILES string of the molecule is C[C@H](c1ccc(Cl)cn1)n1c(N2CC[C@@H](F)[C@H](N)C2)nc2ccc(Cl)cc21. The van der Waals surface area contributed by atoms with E-state index in [1.165, 1.54) is 0 Å². The van der Waals surface area contributed by atoms with Crippen molar-refractivity contribution in [2.75, 3.05) is 18.0 Å². The Labute approximate surface area is 166 Å². The predicted molar refractivity (Wildman–Crippen MR) is 108 cm³/mol. The lowest BCUT2D eigenvalue weighted by atomic mass is 10.1. The van der Waals surface area contributed by atoms with Gasteiger partial charge in [-0.15, -0.1) is 0 Å². The van der Waals surface area contributed by atoms with Crippen molar-refractivity contribution in [1.82, 2.24) is 14.5 Å². The van der Waals surface area contributed by atoms with Crippen LogP contribution in [0.1, 0.15) is 25.1 Å². The predicted octanol–water partition coefficient (Wildman–Crippen LogP) is 4.22. The van der Waals surface area contributed by atoms with Crippen molar-refractivity contribution >= 4 is 40.2 Å². The van der Waals surface area contributed by atoms with Gasteiger partial charge in [0.05, 0.1) is 33.8 Å². The first-order valence-electron chi connectivity index (χ1n) is 8.87. The van der Waals surface area contributed by atoms with E-state index in [0.29, 0.717) is 29.6 Å². The number of nitrogens with zero attached hydrogens (tertiary/aromatic N) is 4. The highest BCUT2D eigenvalue weighted by Gasteiger charge is 2.30. The summed E-state index contributed by atoms with van der Waals surface area (Å²) in [4.78, 5) is 11.3. The molecule has 5 nitrogen and oxygen atoms in total. The number of rotatable bonds is 3. The van der Waals surface area contributed by atoms with Gasteiger partial charge in [-0.1, -0.05) is 23.2 Å². The molecule has 8 heteroatoms. The summed E-state index contributed by atoms with van der Waals surface area (Å²) in [6.07, 6.45) is 1.03. The first kappa shape index (κ1) is 18.5. The van der Waals surface area contributed by atoms with Crippen LogP contribution in [0.25, 0.3) is 11.0 Å². The molecule has 1 aliphatic rings. The maximum Gasteiger partial charge on any atom is 0.207 e. The molecule has 3 aromatic rings. The van der Waals surface area contributed by atoms with Crippen molar-refractivity contribution in [1.29, 1.82) is 0 Å². The van der Waals surface area contributed by atoms with Gasteiger partial charge in [0.15, 0.2) is 0 Å². The van der Waals surface area contributed by atoms with Crippen LogP contribution in [-0.2, 0) is 0 Å². The molecule has 0 aliphatic carbocycles. The molecule has 1 fully saturated rings. The number of fused-ring (bicyclic) bond motifs is 1. The van der Waals surface area contributed by atoms with E-state index in [-0.39, 0.29) is 6.04 Å². The Balaban J connectivity index is 1.83. The van der Waals surface area contributed by atoms with E-state index in [2.05, 4.69) is 9.55 Å². The topological polar surface area (TPSA) is 60.0 Å². The Bertz CT molecular complexity index is 959. The van der Waals surface area contributed by atoms with Crippen LogP contribution in [0.5, 0.6) is 0 Å². The largest absolute Gasteiger partial charge is 0.340 e. The Hall–Kier alpha value is -1.89. The molecule has 3 atom stereocenters. The molecule has 0 unspecified atom stereocenters. The summed E-state index contributed by atoms with van der Waals surface area (Å²) in [6.45, 7) is 3.02. The van der Waals surface area contributed by atoms with Gasteiger partial charge < -0.3 is 15.2 Å². The molecule has 3 heterocycles. The number of anilines is 1. The van der Waals surface area contributed by atoms with Gasteiger partial charge in [-0.2, -0.15) is 0 Å². The van der Waals surface area contributed by atoms with Crippen LogP contribution in [0.2, 0.25) is 10.0 Å². The zero-order valence-corrected chi connectivity index (χ0v) is 16.3. The Morgan fingerprint density at radius 2 is 2.00 bits per heavy atom. The summed E-state index contributed by atoms with van der Waals surface area (Å²) in [5.74, 6) is 0.749. The first-order chi connectivity index (χ1) is 12.9. The van der Waals surface area contributed by atoms with Gasteiger partial charge in [0.25, 0.3) is 0 Å². The highest BCUT2D eigenvalue weighted by molar-refractivity contribution is 6.31. The van der Waals surface area contributed by atoms with Crippen LogP contribution in [0.3, 0.4) is 0 Å². The number of nitrogens with two attached hydrogens (primary N) is 1. The molecular formula is C19H20Cl2FN5. The van der Waals surface area contributed by atoms with E-state index in [1.54, 1.807) is 6.20 Å². The van der Waals surface area contributed by atoms with Crippen LogP contribution < -0.4 is 10.6 Å². The number of hydrogen-bond donors (Lipinski definition) is 1. The lowest BCUT2D eigenvalue weighted by molar-refractivity contribution is 0.243. The summed E-state index contributed by atoms with van der Waals surface area (Å²) < 4.78 is 16.0. The molecule has 0 spiro atoms. The fourth-order valence-corrected chi connectivity index (χ4v) is 3.84. The summed E-state index contributed by atoms with van der Waals surface area (Å²) in [5.41, 5.74) is 8.55. The molecular weight excluding hydrogens is 388 g/mol. The molecule has 4 rings (SSSR count). The molecule has 0 saturated carbocycles. The van der Waals surface area contributed by atoms with E-state index < -0.39 is 12.2 Å². The van der Waals surface area contributed by atoms with Gasteiger partial charge in [-0.3, -0.25) is 4.98 Å². The van der Waals surface area contributed by atoms with Gasteiger partial charge in [0.2, 0.25) is 5.95 Å². The highest BCUT2D eigenvalue weighted by atomic mass is 35.5. The third-order valence-corrected chi connectivity index (χ3v) is 5.51. The number of alkyl halides is 1. The molecule has 1 aromatic carbocycles. The molecule has 0 radical (unpaired) electrons. The normalized spacial score (nSPS) is 21.6.